The summed E-state index contributed by atoms with van der Waals surface area (Å²) in [6.45, 7) is 1.39. The first-order chi connectivity index (χ1) is 14.5. The van der Waals surface area contributed by atoms with Gasteiger partial charge in [-0.25, -0.2) is 8.78 Å². The first kappa shape index (κ1) is 20.4. The van der Waals surface area contributed by atoms with Crippen LogP contribution < -0.4 is 5.32 Å². The van der Waals surface area contributed by atoms with Crippen molar-refractivity contribution < 1.29 is 18.1 Å². The maximum Gasteiger partial charge on any atom is 0.238 e. The maximum atomic E-state index is 13.8. The van der Waals surface area contributed by atoms with Gasteiger partial charge in [-0.1, -0.05) is 28.9 Å². The lowest BCUT2D eigenvalue weighted by Gasteiger charge is -2.30. The molecule has 6 nitrogen and oxygen atoms in total. The van der Waals surface area contributed by atoms with Crippen molar-refractivity contribution in [1.29, 1.82) is 0 Å². The highest BCUT2D eigenvalue weighted by molar-refractivity contribution is 6.30. The number of piperidine rings is 1. The van der Waals surface area contributed by atoms with Gasteiger partial charge in [0.2, 0.25) is 17.6 Å². The summed E-state index contributed by atoms with van der Waals surface area (Å²) in [5, 5.41) is 6.86. The Kier molecular flexibility index (Phi) is 6.06. The van der Waals surface area contributed by atoms with Crippen molar-refractivity contribution in [1.82, 2.24) is 15.0 Å². The van der Waals surface area contributed by atoms with Crippen LogP contribution in [0.25, 0.3) is 11.4 Å². The van der Waals surface area contributed by atoms with Crippen LogP contribution in [0.5, 0.6) is 0 Å². The van der Waals surface area contributed by atoms with Crippen LogP contribution in [0.3, 0.4) is 0 Å². The van der Waals surface area contributed by atoms with Crippen LogP contribution >= 0.6 is 11.6 Å². The molecule has 1 atom stereocenters. The van der Waals surface area contributed by atoms with Crippen LogP contribution in [0.15, 0.2) is 47.0 Å². The monoisotopic (exact) mass is 432 g/mol. The van der Waals surface area contributed by atoms with Gasteiger partial charge in [-0.3, -0.25) is 9.69 Å². The molecule has 1 unspecified atom stereocenters. The van der Waals surface area contributed by atoms with Crippen molar-refractivity contribution in [2.45, 2.75) is 18.8 Å². The molecular weight excluding hydrogens is 414 g/mol. The van der Waals surface area contributed by atoms with Gasteiger partial charge in [0, 0.05) is 17.1 Å². The third-order valence-corrected chi connectivity index (χ3v) is 5.18. The number of likely N-dealkylation sites (tertiary alicyclic amines) is 1. The van der Waals surface area contributed by atoms with E-state index in [1.54, 1.807) is 12.1 Å². The molecule has 0 aliphatic carbocycles. The number of nitrogens with zero attached hydrogens (tertiary/aromatic N) is 3. The molecule has 2 aromatic carbocycles. The van der Waals surface area contributed by atoms with Crippen LogP contribution in [0.2, 0.25) is 5.02 Å². The van der Waals surface area contributed by atoms with E-state index in [1.165, 1.54) is 30.3 Å². The van der Waals surface area contributed by atoms with Crippen LogP contribution in [0.1, 0.15) is 24.7 Å². The predicted molar refractivity (Wildman–Crippen MR) is 108 cm³/mol. The Bertz CT molecular complexity index is 1060. The highest BCUT2D eigenvalue weighted by Gasteiger charge is 2.27. The molecule has 1 aliphatic rings. The van der Waals surface area contributed by atoms with E-state index in [0.29, 0.717) is 28.8 Å². The second-order valence-corrected chi connectivity index (χ2v) is 7.65. The van der Waals surface area contributed by atoms with E-state index in [4.69, 9.17) is 16.1 Å². The van der Waals surface area contributed by atoms with Crippen molar-refractivity contribution in [3.05, 3.63) is 65.0 Å². The molecular formula is C21H19ClF2N4O2. The molecule has 0 saturated carbocycles. The van der Waals surface area contributed by atoms with Gasteiger partial charge >= 0.3 is 0 Å². The smallest absolute Gasteiger partial charge is 0.238 e. The maximum absolute atomic E-state index is 13.8. The lowest BCUT2D eigenvalue weighted by molar-refractivity contribution is -0.117. The van der Waals surface area contributed by atoms with Crippen molar-refractivity contribution in [3.8, 4) is 11.4 Å². The van der Waals surface area contributed by atoms with Crippen molar-refractivity contribution in [2.24, 2.45) is 0 Å². The van der Waals surface area contributed by atoms with E-state index in [0.717, 1.165) is 19.4 Å². The molecule has 9 heteroatoms. The van der Waals surface area contributed by atoms with Crippen molar-refractivity contribution in [3.63, 3.8) is 0 Å². The number of anilines is 1. The minimum atomic E-state index is -0.542. The topological polar surface area (TPSA) is 71.3 Å². The van der Waals surface area contributed by atoms with E-state index in [-0.39, 0.29) is 29.9 Å². The molecule has 3 aromatic rings. The summed E-state index contributed by atoms with van der Waals surface area (Å²) in [4.78, 5) is 18.7. The number of hydrogen-bond donors (Lipinski definition) is 1. The molecule has 1 amide bonds. The minimum absolute atomic E-state index is 0.0377. The summed E-state index contributed by atoms with van der Waals surface area (Å²) in [5.74, 6) is -0.493. The summed E-state index contributed by atoms with van der Waals surface area (Å²) in [6, 6.07) is 10.0. The van der Waals surface area contributed by atoms with Crippen LogP contribution in [-0.2, 0) is 4.79 Å². The number of carbonyl (C=O) groups excluding carboxylic acids is 1. The SMILES string of the molecule is O=C(CN1CCCC(c2nc(-c3cccc(F)c3)no2)C1)Nc1cc(Cl)ccc1F. The van der Waals surface area contributed by atoms with Gasteiger partial charge in [-0.05, 0) is 49.7 Å². The molecule has 1 N–H and O–H groups in total. The third-order valence-electron chi connectivity index (χ3n) is 4.95. The van der Waals surface area contributed by atoms with E-state index in [2.05, 4.69) is 15.5 Å². The Morgan fingerprint density at radius 1 is 1.27 bits per heavy atom. The fraction of sp³-hybridized carbons (Fsp3) is 0.286. The number of hydrogen-bond acceptors (Lipinski definition) is 5. The van der Waals surface area contributed by atoms with Crippen LogP contribution in [-0.4, -0.2) is 40.6 Å². The van der Waals surface area contributed by atoms with Gasteiger partial charge in [-0.15, -0.1) is 0 Å². The zero-order valence-electron chi connectivity index (χ0n) is 15.9. The van der Waals surface area contributed by atoms with E-state index in [9.17, 15) is 13.6 Å². The summed E-state index contributed by atoms with van der Waals surface area (Å²) in [6.07, 6.45) is 1.69. The number of rotatable bonds is 5. The quantitative estimate of drug-likeness (QED) is 0.643. The number of aromatic nitrogens is 2. The zero-order valence-corrected chi connectivity index (χ0v) is 16.7. The standard InChI is InChI=1S/C21H19ClF2N4O2/c22-15-6-7-17(24)18(10-15)25-19(29)12-28-8-2-4-14(11-28)21-26-20(27-30-21)13-3-1-5-16(23)9-13/h1,3,5-7,9-10,14H,2,4,8,11-12H2,(H,25,29). The van der Waals surface area contributed by atoms with E-state index >= 15 is 0 Å². The number of amides is 1. The first-order valence-electron chi connectivity index (χ1n) is 9.55. The molecule has 2 heterocycles. The lowest BCUT2D eigenvalue weighted by atomic mass is 9.98. The van der Waals surface area contributed by atoms with Gasteiger partial charge in [0.25, 0.3) is 0 Å². The molecule has 30 heavy (non-hydrogen) atoms. The minimum Gasteiger partial charge on any atom is -0.339 e. The predicted octanol–water partition coefficient (Wildman–Crippen LogP) is 4.49. The summed E-state index contributed by atoms with van der Waals surface area (Å²) < 4.78 is 32.7. The molecule has 0 radical (unpaired) electrons. The molecule has 1 aromatic heterocycles. The third kappa shape index (κ3) is 4.83. The molecule has 0 bridgehead atoms. The number of benzene rings is 2. The summed E-state index contributed by atoms with van der Waals surface area (Å²) in [5.41, 5.74) is 0.596. The average molecular weight is 433 g/mol. The van der Waals surface area contributed by atoms with E-state index in [1.807, 2.05) is 4.90 Å². The lowest BCUT2D eigenvalue weighted by Crippen LogP contribution is -2.40. The molecule has 1 saturated heterocycles. The Morgan fingerprint density at radius 3 is 2.97 bits per heavy atom. The molecule has 1 aliphatic heterocycles. The Hall–Kier alpha value is -2.84. The van der Waals surface area contributed by atoms with E-state index < -0.39 is 5.82 Å². The highest BCUT2D eigenvalue weighted by Crippen LogP contribution is 2.28. The summed E-state index contributed by atoms with van der Waals surface area (Å²) >= 11 is 5.86. The van der Waals surface area contributed by atoms with Crippen LogP contribution in [0, 0.1) is 11.6 Å². The van der Waals surface area contributed by atoms with Gasteiger partial charge in [0.1, 0.15) is 11.6 Å². The summed E-state index contributed by atoms with van der Waals surface area (Å²) in [7, 11) is 0. The Morgan fingerprint density at radius 2 is 2.13 bits per heavy atom. The number of halogens is 3. The molecule has 4 rings (SSSR count). The number of carbonyl (C=O) groups is 1. The average Bonchev–Trinajstić information content (AvgIpc) is 3.21. The Labute approximate surface area is 176 Å². The second-order valence-electron chi connectivity index (χ2n) is 7.21. The van der Waals surface area contributed by atoms with Crippen molar-refractivity contribution >= 4 is 23.2 Å². The van der Waals surface area contributed by atoms with Crippen molar-refractivity contribution in [2.75, 3.05) is 25.0 Å². The highest BCUT2D eigenvalue weighted by atomic mass is 35.5. The Balaban J connectivity index is 1.39. The second kappa shape index (κ2) is 8.89. The zero-order chi connectivity index (χ0) is 21.1. The fourth-order valence-corrected chi connectivity index (χ4v) is 3.70. The van der Waals surface area contributed by atoms with Gasteiger partial charge < -0.3 is 9.84 Å². The molecule has 156 valence electrons. The molecule has 0 spiro atoms. The largest absolute Gasteiger partial charge is 0.339 e. The first-order valence-corrected chi connectivity index (χ1v) is 9.92. The van der Waals surface area contributed by atoms with Crippen LogP contribution in [0.4, 0.5) is 14.5 Å². The fourth-order valence-electron chi connectivity index (χ4n) is 3.53. The van der Waals surface area contributed by atoms with Gasteiger partial charge in [0.05, 0.1) is 18.2 Å². The van der Waals surface area contributed by atoms with Gasteiger partial charge in [0.15, 0.2) is 0 Å². The normalized spacial score (nSPS) is 17.1. The van der Waals surface area contributed by atoms with Gasteiger partial charge in [-0.2, -0.15) is 4.98 Å². The number of nitrogens with one attached hydrogen (secondary N) is 1. The molecule has 1 fully saturated rings.